The molecule has 1 heterocycles. The molecule has 34 heavy (non-hydrogen) atoms. The summed E-state index contributed by atoms with van der Waals surface area (Å²) in [7, 11) is 0. The van der Waals surface area contributed by atoms with E-state index in [1.165, 1.54) is 51.0 Å². The maximum absolute atomic E-state index is 14.6. The van der Waals surface area contributed by atoms with Gasteiger partial charge in [0.25, 0.3) is 0 Å². The van der Waals surface area contributed by atoms with Crippen molar-refractivity contribution in [3.8, 4) is 16.9 Å². The van der Waals surface area contributed by atoms with Crippen LogP contribution in [0.3, 0.4) is 0 Å². The Kier molecular flexibility index (Phi) is 8.77. The van der Waals surface area contributed by atoms with E-state index in [2.05, 4.69) is 19.1 Å². The Morgan fingerprint density at radius 3 is 2.29 bits per heavy atom. The van der Waals surface area contributed by atoms with Crippen LogP contribution in [0.5, 0.6) is 5.75 Å². The molecule has 184 valence electrons. The third kappa shape index (κ3) is 5.89. The summed E-state index contributed by atoms with van der Waals surface area (Å²) in [6, 6.07) is 10.8. The lowest BCUT2D eigenvalue weighted by Crippen LogP contribution is -2.29. The van der Waals surface area contributed by atoms with Crippen LogP contribution < -0.4 is 4.74 Å². The molecule has 2 aliphatic rings. The molecule has 2 nitrogen and oxygen atoms in total. The van der Waals surface area contributed by atoms with Gasteiger partial charge in [0.05, 0.1) is 19.3 Å². The molecule has 0 radical (unpaired) electrons. The van der Waals surface area contributed by atoms with E-state index in [0.717, 1.165) is 30.4 Å². The highest BCUT2D eigenvalue weighted by molar-refractivity contribution is 5.65. The number of allylic oxidation sites excluding steroid dienone is 2. The molecule has 2 atom stereocenters. The molecular formula is C30H38F2O2. The van der Waals surface area contributed by atoms with Crippen LogP contribution in [-0.2, 0) is 4.74 Å². The van der Waals surface area contributed by atoms with E-state index in [0.29, 0.717) is 18.1 Å². The monoisotopic (exact) mass is 468 g/mol. The fraction of sp³-hybridized carbons (Fsp3) is 0.533. The fourth-order valence-corrected chi connectivity index (χ4v) is 5.75. The lowest BCUT2D eigenvalue weighted by Gasteiger charge is -2.38. The topological polar surface area (TPSA) is 18.5 Å². The van der Waals surface area contributed by atoms with E-state index in [-0.39, 0.29) is 17.4 Å². The SMILES string of the molecule is C/C=C/CCC1CCC(C2CCC(c3ccc(-c4ccc(OCC)c(F)c4F)cc3)OC2)CC1. The van der Waals surface area contributed by atoms with E-state index in [1.54, 1.807) is 13.0 Å². The van der Waals surface area contributed by atoms with Crippen molar-refractivity contribution < 1.29 is 18.3 Å². The van der Waals surface area contributed by atoms with Gasteiger partial charge in [-0.2, -0.15) is 4.39 Å². The molecule has 2 aromatic carbocycles. The summed E-state index contributed by atoms with van der Waals surface area (Å²) in [4.78, 5) is 0. The zero-order valence-corrected chi connectivity index (χ0v) is 20.6. The van der Waals surface area contributed by atoms with Crippen LogP contribution in [0.2, 0.25) is 0 Å². The average molecular weight is 469 g/mol. The van der Waals surface area contributed by atoms with Crippen LogP contribution in [0.4, 0.5) is 8.78 Å². The molecule has 0 bridgehead atoms. The van der Waals surface area contributed by atoms with Crippen molar-refractivity contribution >= 4 is 0 Å². The van der Waals surface area contributed by atoms with Crippen molar-refractivity contribution in [1.29, 1.82) is 0 Å². The van der Waals surface area contributed by atoms with E-state index >= 15 is 0 Å². The molecule has 0 amide bonds. The largest absolute Gasteiger partial charge is 0.491 e. The first-order chi connectivity index (χ1) is 16.6. The van der Waals surface area contributed by atoms with Gasteiger partial charge in [0, 0.05) is 5.56 Å². The number of rotatable bonds is 8. The Morgan fingerprint density at radius 1 is 0.912 bits per heavy atom. The van der Waals surface area contributed by atoms with Crippen molar-refractivity contribution in [2.45, 2.75) is 71.3 Å². The van der Waals surface area contributed by atoms with Gasteiger partial charge in [0.1, 0.15) is 0 Å². The van der Waals surface area contributed by atoms with E-state index < -0.39 is 11.6 Å². The molecule has 1 saturated carbocycles. The van der Waals surface area contributed by atoms with Crippen LogP contribution >= 0.6 is 0 Å². The number of ether oxygens (including phenoxy) is 2. The zero-order chi connectivity index (χ0) is 23.9. The molecule has 2 unspecified atom stereocenters. The molecule has 2 fully saturated rings. The minimum Gasteiger partial charge on any atom is -0.491 e. The second-order valence-corrected chi connectivity index (χ2v) is 9.88. The standard InChI is InChI=1S/C30H38F2O2/c1-3-5-6-7-21-8-10-22(11-9-21)25-16-18-27(34-20-25)24-14-12-23(13-15-24)26-17-19-28(33-4-2)30(32)29(26)31/h3,5,12-15,17,19,21-22,25,27H,4,6-11,16,18,20H2,1-2H3/b5-3+. The lowest BCUT2D eigenvalue weighted by molar-refractivity contribution is -0.0404. The van der Waals surface area contributed by atoms with Gasteiger partial charge in [-0.15, -0.1) is 0 Å². The maximum Gasteiger partial charge on any atom is 0.201 e. The first-order valence-electron chi connectivity index (χ1n) is 13.0. The molecule has 1 aliphatic carbocycles. The van der Waals surface area contributed by atoms with Gasteiger partial charge in [-0.3, -0.25) is 0 Å². The second kappa shape index (κ2) is 12.0. The Balaban J connectivity index is 1.30. The third-order valence-corrected chi connectivity index (χ3v) is 7.79. The lowest BCUT2D eigenvalue weighted by atomic mass is 9.72. The predicted molar refractivity (Wildman–Crippen MR) is 134 cm³/mol. The second-order valence-electron chi connectivity index (χ2n) is 9.88. The number of hydrogen-bond acceptors (Lipinski definition) is 2. The van der Waals surface area contributed by atoms with Gasteiger partial charge in [0.15, 0.2) is 11.6 Å². The van der Waals surface area contributed by atoms with Gasteiger partial charge in [-0.25, -0.2) is 4.39 Å². The summed E-state index contributed by atoms with van der Waals surface area (Å²) in [5.74, 6) is 0.528. The maximum atomic E-state index is 14.6. The van der Waals surface area contributed by atoms with Crippen molar-refractivity contribution in [3.63, 3.8) is 0 Å². The van der Waals surface area contributed by atoms with Gasteiger partial charge >= 0.3 is 0 Å². The molecule has 1 saturated heterocycles. The van der Waals surface area contributed by atoms with Crippen LogP contribution in [0.25, 0.3) is 11.1 Å². The van der Waals surface area contributed by atoms with E-state index in [1.807, 2.05) is 24.3 Å². The van der Waals surface area contributed by atoms with E-state index in [4.69, 9.17) is 9.47 Å². The Labute approximate surface area is 203 Å². The Hall–Kier alpha value is -2.20. The molecular weight excluding hydrogens is 430 g/mol. The molecule has 0 spiro atoms. The van der Waals surface area contributed by atoms with Crippen molar-refractivity contribution in [3.05, 3.63) is 65.7 Å². The van der Waals surface area contributed by atoms with Gasteiger partial charge in [0.2, 0.25) is 5.82 Å². The quantitative estimate of drug-likeness (QED) is 0.361. The highest BCUT2D eigenvalue weighted by Gasteiger charge is 2.31. The molecule has 2 aromatic rings. The predicted octanol–water partition coefficient (Wildman–Crippen LogP) is 8.66. The van der Waals surface area contributed by atoms with Crippen LogP contribution in [0, 0.1) is 29.4 Å². The number of hydrogen-bond donors (Lipinski definition) is 0. The van der Waals surface area contributed by atoms with E-state index in [9.17, 15) is 8.78 Å². The third-order valence-electron chi connectivity index (χ3n) is 7.79. The highest BCUT2D eigenvalue weighted by atomic mass is 19.2. The van der Waals surface area contributed by atoms with Gasteiger partial charge in [-0.05, 0) is 93.4 Å². The van der Waals surface area contributed by atoms with Crippen LogP contribution in [-0.4, -0.2) is 13.2 Å². The molecule has 4 rings (SSSR count). The molecule has 4 heteroatoms. The zero-order valence-electron chi connectivity index (χ0n) is 20.6. The van der Waals surface area contributed by atoms with Gasteiger partial charge < -0.3 is 9.47 Å². The van der Waals surface area contributed by atoms with Gasteiger partial charge in [-0.1, -0.05) is 49.3 Å². The summed E-state index contributed by atoms with van der Waals surface area (Å²) >= 11 is 0. The first-order valence-corrected chi connectivity index (χ1v) is 13.0. The number of halogens is 2. The summed E-state index contributed by atoms with van der Waals surface area (Å²) in [5.41, 5.74) is 2.02. The molecule has 1 aliphatic heterocycles. The first kappa shape index (κ1) is 24.9. The minimum absolute atomic E-state index is 0.0485. The highest BCUT2D eigenvalue weighted by Crippen LogP contribution is 2.41. The van der Waals surface area contributed by atoms with Crippen molar-refractivity contribution in [1.82, 2.24) is 0 Å². The fourth-order valence-electron chi connectivity index (χ4n) is 5.75. The summed E-state index contributed by atoms with van der Waals surface area (Å²) < 4.78 is 40.3. The molecule has 0 N–H and O–H groups in total. The minimum atomic E-state index is -0.933. The average Bonchev–Trinajstić information content (AvgIpc) is 2.88. The van der Waals surface area contributed by atoms with Crippen LogP contribution in [0.15, 0.2) is 48.6 Å². The summed E-state index contributed by atoms with van der Waals surface area (Å²) in [6.07, 6.45) is 14.8. The van der Waals surface area contributed by atoms with Crippen LogP contribution in [0.1, 0.15) is 76.9 Å². The summed E-state index contributed by atoms with van der Waals surface area (Å²) in [5, 5.41) is 0. The number of benzene rings is 2. The Bertz CT molecular complexity index is 937. The smallest absolute Gasteiger partial charge is 0.201 e. The Morgan fingerprint density at radius 2 is 1.65 bits per heavy atom. The molecule has 0 aromatic heterocycles. The van der Waals surface area contributed by atoms with Crippen molar-refractivity contribution in [2.75, 3.05) is 13.2 Å². The summed E-state index contributed by atoms with van der Waals surface area (Å²) in [6.45, 7) is 4.98. The normalized spacial score (nSPS) is 25.5. The van der Waals surface area contributed by atoms with Crippen molar-refractivity contribution in [2.24, 2.45) is 17.8 Å².